The summed E-state index contributed by atoms with van der Waals surface area (Å²) in [6.07, 6.45) is 2.95. The summed E-state index contributed by atoms with van der Waals surface area (Å²) in [5.74, 6) is -0.967. The summed E-state index contributed by atoms with van der Waals surface area (Å²) in [5, 5.41) is 2.78. The Bertz CT molecular complexity index is 549. The van der Waals surface area contributed by atoms with Crippen LogP contribution in [0.3, 0.4) is 0 Å². The van der Waals surface area contributed by atoms with Crippen molar-refractivity contribution in [2.75, 3.05) is 5.32 Å². The molecule has 0 bridgehead atoms. The normalized spacial score (nSPS) is 9.44. The number of carbonyl (C=O) groups excluding carboxylic acids is 1. The molecule has 18 heavy (non-hydrogen) atoms. The maximum Gasteiger partial charge on any atom is 0.257 e. The largest absolute Gasteiger partial charge is 0.319 e. The quantitative estimate of drug-likeness (QED) is 0.917. The average molecular weight is 287 g/mol. The number of carbonyl (C=O) groups is 1. The Labute approximate surface area is 114 Å². The first-order valence-corrected chi connectivity index (χ1v) is 5.21. The van der Waals surface area contributed by atoms with E-state index in [1.165, 1.54) is 24.4 Å². The number of hydrogen-bond donors (Lipinski definition) is 1. The Balaban J connectivity index is 0.00000162. The Morgan fingerprint density at radius 2 is 2.11 bits per heavy atom. The number of benzene rings is 1. The third-order valence-electron chi connectivity index (χ3n) is 2.10. The van der Waals surface area contributed by atoms with Gasteiger partial charge in [0.1, 0.15) is 5.82 Å². The molecule has 1 aromatic heterocycles. The van der Waals surface area contributed by atoms with E-state index < -0.39 is 11.7 Å². The molecule has 1 aromatic carbocycles. The second-order valence-electron chi connectivity index (χ2n) is 3.32. The second kappa shape index (κ2) is 6.33. The number of anilines is 1. The first-order chi connectivity index (χ1) is 8.16. The monoisotopic (exact) mass is 286 g/mol. The molecular formula is C12H9Cl2FN2O. The Morgan fingerprint density at radius 3 is 2.78 bits per heavy atom. The van der Waals surface area contributed by atoms with Gasteiger partial charge in [-0.25, -0.2) is 4.39 Å². The third-order valence-corrected chi connectivity index (χ3v) is 2.34. The van der Waals surface area contributed by atoms with Crippen LogP contribution in [0.2, 0.25) is 5.02 Å². The molecule has 2 aromatic rings. The summed E-state index contributed by atoms with van der Waals surface area (Å²) in [5.41, 5.74) is 0.401. The van der Waals surface area contributed by atoms with Gasteiger partial charge in [0.15, 0.2) is 0 Å². The summed E-state index contributed by atoms with van der Waals surface area (Å²) >= 11 is 5.72. The van der Waals surface area contributed by atoms with Gasteiger partial charge in [-0.05, 0) is 30.3 Å². The molecule has 0 spiro atoms. The van der Waals surface area contributed by atoms with E-state index in [1.807, 2.05) is 0 Å². The predicted octanol–water partition coefficient (Wildman–Crippen LogP) is 3.55. The SMILES string of the molecule is Cl.O=C(Nc1cc(Cl)ccc1F)c1cccnc1. The summed E-state index contributed by atoms with van der Waals surface area (Å²) in [7, 11) is 0. The summed E-state index contributed by atoms with van der Waals surface area (Å²) in [4.78, 5) is 15.5. The van der Waals surface area contributed by atoms with Crippen molar-refractivity contribution in [2.24, 2.45) is 0 Å². The van der Waals surface area contributed by atoms with Crippen LogP contribution in [0, 0.1) is 5.82 Å². The van der Waals surface area contributed by atoms with E-state index in [1.54, 1.807) is 18.3 Å². The lowest BCUT2D eigenvalue weighted by atomic mass is 10.2. The molecule has 0 atom stereocenters. The molecule has 0 saturated heterocycles. The highest BCUT2D eigenvalue weighted by molar-refractivity contribution is 6.31. The van der Waals surface area contributed by atoms with Gasteiger partial charge in [0.05, 0.1) is 11.3 Å². The maximum absolute atomic E-state index is 13.4. The number of nitrogens with one attached hydrogen (secondary N) is 1. The van der Waals surface area contributed by atoms with Gasteiger partial charge in [0.2, 0.25) is 0 Å². The van der Waals surface area contributed by atoms with Crippen LogP contribution in [0.1, 0.15) is 10.4 Å². The second-order valence-corrected chi connectivity index (χ2v) is 3.76. The van der Waals surface area contributed by atoms with Crippen LogP contribution in [0.15, 0.2) is 42.7 Å². The fourth-order valence-electron chi connectivity index (χ4n) is 1.28. The van der Waals surface area contributed by atoms with Crippen molar-refractivity contribution in [3.8, 4) is 0 Å². The Hall–Kier alpha value is -1.65. The molecule has 1 amide bonds. The van der Waals surface area contributed by atoms with Crippen molar-refractivity contribution in [1.82, 2.24) is 4.98 Å². The van der Waals surface area contributed by atoms with E-state index in [4.69, 9.17) is 11.6 Å². The lowest BCUT2D eigenvalue weighted by Crippen LogP contribution is -2.13. The maximum atomic E-state index is 13.4. The highest BCUT2D eigenvalue weighted by Gasteiger charge is 2.09. The standard InChI is InChI=1S/C12H8ClFN2O.ClH/c13-9-3-4-10(14)11(6-9)16-12(17)8-2-1-5-15-7-8;/h1-7H,(H,16,17);1H. The molecule has 6 heteroatoms. The van der Waals surface area contributed by atoms with Gasteiger partial charge >= 0.3 is 0 Å². The van der Waals surface area contributed by atoms with E-state index in [9.17, 15) is 9.18 Å². The van der Waals surface area contributed by atoms with Crippen molar-refractivity contribution in [1.29, 1.82) is 0 Å². The molecule has 1 N–H and O–H groups in total. The lowest BCUT2D eigenvalue weighted by Gasteiger charge is -2.06. The highest BCUT2D eigenvalue weighted by atomic mass is 35.5. The van der Waals surface area contributed by atoms with Crippen molar-refractivity contribution in [2.45, 2.75) is 0 Å². The molecule has 0 radical (unpaired) electrons. The van der Waals surface area contributed by atoms with Crippen LogP contribution in [-0.2, 0) is 0 Å². The molecule has 3 nitrogen and oxygen atoms in total. The van der Waals surface area contributed by atoms with Crippen molar-refractivity contribution in [3.63, 3.8) is 0 Å². The fraction of sp³-hybridized carbons (Fsp3) is 0. The summed E-state index contributed by atoms with van der Waals surface area (Å²) in [6, 6.07) is 7.18. The zero-order chi connectivity index (χ0) is 12.3. The molecule has 0 fully saturated rings. The average Bonchev–Trinajstić information content (AvgIpc) is 2.35. The van der Waals surface area contributed by atoms with Gasteiger partial charge in [-0.3, -0.25) is 9.78 Å². The minimum absolute atomic E-state index is 0. The van der Waals surface area contributed by atoms with Gasteiger partial charge in [0.25, 0.3) is 5.91 Å². The van der Waals surface area contributed by atoms with Crippen LogP contribution in [0.4, 0.5) is 10.1 Å². The molecule has 94 valence electrons. The van der Waals surface area contributed by atoms with E-state index in [0.717, 1.165) is 0 Å². The Kier molecular flexibility index (Phi) is 5.07. The molecular weight excluding hydrogens is 278 g/mol. The lowest BCUT2D eigenvalue weighted by molar-refractivity contribution is 0.102. The molecule has 0 aliphatic rings. The first kappa shape index (κ1) is 14.4. The van der Waals surface area contributed by atoms with Gasteiger partial charge in [0, 0.05) is 17.4 Å². The van der Waals surface area contributed by atoms with Gasteiger partial charge in [-0.2, -0.15) is 0 Å². The van der Waals surface area contributed by atoms with Crippen molar-refractivity contribution >= 4 is 35.6 Å². The van der Waals surface area contributed by atoms with Crippen molar-refractivity contribution < 1.29 is 9.18 Å². The number of nitrogens with zero attached hydrogens (tertiary/aromatic N) is 1. The van der Waals surface area contributed by atoms with Crippen molar-refractivity contribution in [3.05, 3.63) is 59.1 Å². The minimum atomic E-state index is -0.536. The van der Waals surface area contributed by atoms with Crippen LogP contribution >= 0.6 is 24.0 Å². The van der Waals surface area contributed by atoms with Gasteiger partial charge in [-0.1, -0.05) is 11.6 Å². The zero-order valence-corrected chi connectivity index (χ0v) is 10.6. The van der Waals surface area contributed by atoms with Crippen LogP contribution in [0.5, 0.6) is 0 Å². The van der Waals surface area contributed by atoms with Crippen LogP contribution in [-0.4, -0.2) is 10.9 Å². The minimum Gasteiger partial charge on any atom is -0.319 e. The molecule has 0 aliphatic carbocycles. The smallest absolute Gasteiger partial charge is 0.257 e. The van der Waals surface area contributed by atoms with E-state index in [2.05, 4.69) is 10.3 Å². The molecule has 0 saturated carbocycles. The molecule has 2 rings (SSSR count). The topological polar surface area (TPSA) is 42.0 Å². The van der Waals surface area contributed by atoms with Gasteiger partial charge in [-0.15, -0.1) is 12.4 Å². The fourth-order valence-corrected chi connectivity index (χ4v) is 1.46. The third kappa shape index (κ3) is 3.42. The number of pyridine rings is 1. The van der Waals surface area contributed by atoms with E-state index >= 15 is 0 Å². The molecule has 0 unspecified atom stereocenters. The van der Waals surface area contributed by atoms with Crippen LogP contribution in [0.25, 0.3) is 0 Å². The van der Waals surface area contributed by atoms with Gasteiger partial charge < -0.3 is 5.32 Å². The first-order valence-electron chi connectivity index (χ1n) is 4.83. The zero-order valence-electron chi connectivity index (χ0n) is 9.06. The number of aromatic nitrogens is 1. The molecule has 1 heterocycles. The predicted molar refractivity (Wildman–Crippen MR) is 70.8 cm³/mol. The highest BCUT2D eigenvalue weighted by Crippen LogP contribution is 2.20. The van der Waals surface area contributed by atoms with Crippen LogP contribution < -0.4 is 5.32 Å². The number of rotatable bonds is 2. The number of amides is 1. The summed E-state index contributed by atoms with van der Waals surface area (Å²) in [6.45, 7) is 0. The number of hydrogen-bond acceptors (Lipinski definition) is 2. The van der Waals surface area contributed by atoms with E-state index in [0.29, 0.717) is 10.6 Å². The molecule has 0 aliphatic heterocycles. The summed E-state index contributed by atoms with van der Waals surface area (Å²) < 4.78 is 13.4. The number of halogens is 3. The van der Waals surface area contributed by atoms with E-state index in [-0.39, 0.29) is 18.1 Å². The Morgan fingerprint density at radius 1 is 1.33 bits per heavy atom.